The summed E-state index contributed by atoms with van der Waals surface area (Å²) in [5, 5.41) is 0. The first-order valence-electron chi connectivity index (χ1n) is 1.01. The average molecular weight is 145 g/mol. The van der Waals surface area contributed by atoms with E-state index in [9.17, 15) is 4.57 Å². The van der Waals surface area contributed by atoms with Crippen LogP contribution in [-0.2, 0) is 16.4 Å². The van der Waals surface area contributed by atoms with Gasteiger partial charge < -0.3 is 0 Å². The van der Waals surface area contributed by atoms with Gasteiger partial charge in [-0.2, -0.15) is 0 Å². The topological polar surface area (TPSA) is 57.5 Å². The van der Waals surface area contributed by atoms with Gasteiger partial charge in [-0.15, -0.1) is 0 Å². The Labute approximate surface area is 41.3 Å². The molecular formula is H3O3P2S+. The summed E-state index contributed by atoms with van der Waals surface area (Å²) >= 11 is 4.05. The summed E-state index contributed by atoms with van der Waals surface area (Å²) in [7, 11) is -4.49. The van der Waals surface area contributed by atoms with Crippen molar-refractivity contribution < 1.29 is 14.4 Å². The first-order chi connectivity index (χ1) is 2.56. The van der Waals surface area contributed by atoms with Crippen LogP contribution in [0.15, 0.2) is 0 Å². The zero-order valence-corrected chi connectivity index (χ0v) is 5.37. The van der Waals surface area contributed by atoms with Gasteiger partial charge in [0.05, 0.1) is 0 Å². The standard InChI is InChI=1S/H2O3P2S/c1-5(2,3)4-6/h(H2,1,2,3)/p+1. The highest BCUT2D eigenvalue weighted by molar-refractivity contribution is 8.35. The zero-order chi connectivity index (χ0) is 5.21. The molecule has 0 amide bonds. The lowest BCUT2D eigenvalue weighted by Gasteiger charge is -1.74. The van der Waals surface area contributed by atoms with E-state index in [0.717, 1.165) is 0 Å². The monoisotopic (exact) mass is 145 g/mol. The van der Waals surface area contributed by atoms with Crippen molar-refractivity contribution in [1.29, 1.82) is 0 Å². The van der Waals surface area contributed by atoms with Crippen molar-refractivity contribution in [2.24, 2.45) is 0 Å². The van der Waals surface area contributed by atoms with E-state index in [1.807, 2.05) is 0 Å². The second-order valence-corrected chi connectivity index (χ2v) is 5.84. The van der Waals surface area contributed by atoms with Crippen LogP contribution in [0.4, 0.5) is 0 Å². The summed E-state index contributed by atoms with van der Waals surface area (Å²) < 4.78 is 9.60. The van der Waals surface area contributed by atoms with E-state index < -0.39 is 14.3 Å². The van der Waals surface area contributed by atoms with Gasteiger partial charge in [-0.1, -0.05) is 0 Å². The van der Waals surface area contributed by atoms with E-state index in [4.69, 9.17) is 9.79 Å². The van der Waals surface area contributed by atoms with Gasteiger partial charge >= 0.3 is 7.28 Å². The molecule has 0 aromatic carbocycles. The van der Waals surface area contributed by atoms with Crippen molar-refractivity contribution in [2.75, 3.05) is 0 Å². The lowest BCUT2D eigenvalue weighted by molar-refractivity contribution is 0.396. The summed E-state index contributed by atoms with van der Waals surface area (Å²) in [5.74, 6) is 0. The molecule has 0 aliphatic heterocycles. The molecule has 0 saturated heterocycles. The number of hydrogen-bond donors (Lipinski definition) is 2. The van der Waals surface area contributed by atoms with Crippen LogP contribution in [0, 0.1) is 0 Å². The Kier molecular flexibility index (Phi) is 2.34. The number of hydrogen-bond acceptors (Lipinski definition) is 2. The smallest absolute Gasteiger partial charge is 0.289 e. The Morgan fingerprint density at radius 3 is 1.83 bits per heavy atom. The molecule has 0 spiro atoms. The Bertz CT molecular complexity index is 91.0. The summed E-state index contributed by atoms with van der Waals surface area (Å²) in [4.78, 5) is 15.7. The summed E-state index contributed by atoms with van der Waals surface area (Å²) in [6.45, 7) is 0. The van der Waals surface area contributed by atoms with E-state index in [0.29, 0.717) is 0 Å². The van der Waals surface area contributed by atoms with Gasteiger partial charge in [-0.3, -0.25) is 9.79 Å². The lowest BCUT2D eigenvalue weighted by atomic mass is 15.8. The van der Waals surface area contributed by atoms with Gasteiger partial charge in [0.1, 0.15) is 0 Å². The van der Waals surface area contributed by atoms with Gasteiger partial charge in [0.2, 0.25) is 0 Å². The van der Waals surface area contributed by atoms with Crippen LogP contribution in [0.25, 0.3) is 0 Å². The molecule has 36 valence electrons. The van der Waals surface area contributed by atoms with Crippen LogP contribution < -0.4 is 0 Å². The first-order valence-corrected chi connectivity index (χ1v) is 5.60. The molecule has 0 aromatic rings. The minimum Gasteiger partial charge on any atom is -0.289 e. The molecule has 2 N–H and O–H groups in total. The molecule has 0 aliphatic carbocycles. The fourth-order valence-corrected chi connectivity index (χ4v) is 0. The molecule has 0 rings (SSSR count). The minimum absolute atomic E-state index is 0.683. The quantitative estimate of drug-likeness (QED) is 0.518. The molecular weight excluding hydrogens is 142 g/mol. The SMILES string of the molecule is O=P(O)(O)[PH+]=S. The average Bonchev–Trinajstić information content (AvgIpc) is 1.35. The number of rotatable bonds is 1. The van der Waals surface area contributed by atoms with Gasteiger partial charge in [0.25, 0.3) is 7.04 Å². The van der Waals surface area contributed by atoms with Crippen LogP contribution in [0.1, 0.15) is 0 Å². The predicted molar refractivity (Wildman–Crippen MR) is 27.7 cm³/mol. The molecule has 0 saturated carbocycles. The van der Waals surface area contributed by atoms with Crippen molar-refractivity contribution in [3.63, 3.8) is 0 Å². The largest absolute Gasteiger partial charge is 0.532 e. The Balaban J connectivity index is 3.81. The summed E-state index contributed by atoms with van der Waals surface area (Å²) in [5.41, 5.74) is 0. The second-order valence-electron chi connectivity index (χ2n) is 0.635. The molecule has 6 heteroatoms. The molecule has 0 aromatic heterocycles. The maximum absolute atomic E-state index is 9.60. The fraction of sp³-hybridized carbons (Fsp3) is 0. The first kappa shape index (κ1) is 6.67. The predicted octanol–water partition coefficient (Wildman–Crippen LogP) is 0.219. The summed E-state index contributed by atoms with van der Waals surface area (Å²) in [6, 6.07) is 0. The molecule has 0 bridgehead atoms. The second kappa shape index (κ2) is 2.10. The Hall–Kier alpha value is 0.670. The molecule has 1 unspecified atom stereocenters. The zero-order valence-electron chi connectivity index (χ0n) is 2.66. The highest BCUT2D eigenvalue weighted by Gasteiger charge is 2.17. The maximum Gasteiger partial charge on any atom is 0.532 e. The third-order valence-corrected chi connectivity index (χ3v) is 3.21. The molecule has 0 aliphatic rings. The van der Waals surface area contributed by atoms with E-state index in [-0.39, 0.29) is 0 Å². The van der Waals surface area contributed by atoms with Gasteiger partial charge in [0.15, 0.2) is 11.8 Å². The van der Waals surface area contributed by atoms with Crippen molar-refractivity contribution in [3.8, 4) is 0 Å². The normalized spacial score (nSPS) is 12.3. The highest BCUT2D eigenvalue weighted by Crippen LogP contribution is 2.48. The molecule has 6 heavy (non-hydrogen) atoms. The maximum atomic E-state index is 9.60. The van der Waals surface area contributed by atoms with Crippen LogP contribution in [0.3, 0.4) is 0 Å². The molecule has 0 fully saturated rings. The van der Waals surface area contributed by atoms with E-state index >= 15 is 0 Å². The van der Waals surface area contributed by atoms with Crippen LogP contribution >= 0.6 is 14.3 Å². The fourth-order valence-electron chi connectivity index (χ4n) is 0. The third kappa shape index (κ3) is 4.67. The van der Waals surface area contributed by atoms with E-state index in [2.05, 4.69) is 11.8 Å². The van der Waals surface area contributed by atoms with E-state index in [1.165, 1.54) is 0 Å². The minimum atomic E-state index is -3.80. The Morgan fingerprint density at radius 1 is 1.67 bits per heavy atom. The van der Waals surface area contributed by atoms with Crippen molar-refractivity contribution in [2.45, 2.75) is 0 Å². The highest BCUT2D eigenvalue weighted by atomic mass is 32.6. The Morgan fingerprint density at radius 2 is 1.83 bits per heavy atom. The van der Waals surface area contributed by atoms with Crippen molar-refractivity contribution in [1.82, 2.24) is 0 Å². The van der Waals surface area contributed by atoms with Crippen LogP contribution in [-0.4, -0.2) is 9.79 Å². The van der Waals surface area contributed by atoms with Crippen molar-refractivity contribution >= 4 is 26.1 Å². The summed E-state index contributed by atoms with van der Waals surface area (Å²) in [6.07, 6.45) is 0. The van der Waals surface area contributed by atoms with Crippen molar-refractivity contribution in [3.05, 3.63) is 0 Å². The molecule has 0 heterocycles. The third-order valence-electron chi connectivity index (χ3n) is 0.119. The van der Waals surface area contributed by atoms with Gasteiger partial charge in [-0.05, 0) is 0 Å². The molecule has 1 atom stereocenters. The van der Waals surface area contributed by atoms with Crippen LogP contribution in [0.5, 0.6) is 0 Å². The van der Waals surface area contributed by atoms with Gasteiger partial charge in [-0.25, -0.2) is 4.57 Å². The molecule has 3 nitrogen and oxygen atoms in total. The molecule has 0 radical (unpaired) electrons. The lowest BCUT2D eigenvalue weighted by Crippen LogP contribution is -1.55. The van der Waals surface area contributed by atoms with Gasteiger partial charge in [0, 0.05) is 0 Å². The van der Waals surface area contributed by atoms with Crippen LogP contribution in [0.2, 0.25) is 0 Å². The van der Waals surface area contributed by atoms with E-state index in [1.54, 1.807) is 0 Å².